The Morgan fingerprint density at radius 1 is 1.38 bits per heavy atom. The molecule has 1 aliphatic rings. The molecule has 1 fully saturated rings. The van der Waals surface area contributed by atoms with Gasteiger partial charge in [-0.1, -0.05) is 30.3 Å². The van der Waals surface area contributed by atoms with Gasteiger partial charge in [0.1, 0.15) is 12.0 Å². The molecule has 21 heavy (non-hydrogen) atoms. The molecular formula is C15H20N2O4. The third kappa shape index (κ3) is 3.22. The lowest BCUT2D eigenvalue weighted by Crippen LogP contribution is -2.49. The third-order valence-corrected chi connectivity index (χ3v) is 3.82. The Morgan fingerprint density at radius 2 is 2.05 bits per heavy atom. The number of aliphatic carboxylic acids is 1. The van der Waals surface area contributed by atoms with Crippen molar-refractivity contribution in [1.82, 2.24) is 4.90 Å². The molecule has 1 aromatic rings. The Morgan fingerprint density at radius 3 is 2.62 bits per heavy atom. The highest BCUT2D eigenvalue weighted by Gasteiger charge is 2.40. The molecule has 2 unspecified atom stereocenters. The minimum atomic E-state index is -0.947. The van der Waals surface area contributed by atoms with Crippen LogP contribution in [0.4, 0.5) is 0 Å². The van der Waals surface area contributed by atoms with Crippen molar-refractivity contribution in [2.75, 3.05) is 19.8 Å². The van der Waals surface area contributed by atoms with E-state index in [1.807, 2.05) is 25.1 Å². The maximum atomic E-state index is 12.6. The summed E-state index contributed by atoms with van der Waals surface area (Å²) in [7, 11) is 0. The molecule has 3 atom stereocenters. The Bertz CT molecular complexity index is 506. The topological polar surface area (TPSA) is 92.9 Å². The zero-order chi connectivity index (χ0) is 15.4. The number of carboxylic acid groups (broad SMARTS) is 1. The Labute approximate surface area is 123 Å². The van der Waals surface area contributed by atoms with Crippen LogP contribution in [0.25, 0.3) is 0 Å². The molecule has 1 amide bonds. The molecular weight excluding hydrogens is 272 g/mol. The standard InChI is InChI=1S/C15H20N2O4/c1-2-17(12-9-21-8-11(12)15(19)20)14(18)13(16)10-6-4-3-5-7-10/h3-7,11-13H,2,8-9,16H2,1H3,(H,19,20)/t11?,12?,13-/m1/s1. The minimum Gasteiger partial charge on any atom is -0.481 e. The van der Waals surface area contributed by atoms with E-state index in [0.717, 1.165) is 0 Å². The number of carboxylic acids is 1. The monoisotopic (exact) mass is 292 g/mol. The SMILES string of the molecule is CCN(C(=O)[C@H](N)c1ccccc1)C1COCC1C(=O)O. The molecule has 1 saturated heterocycles. The number of carbonyl (C=O) groups excluding carboxylic acids is 1. The van der Waals surface area contributed by atoms with Gasteiger partial charge in [-0.25, -0.2) is 0 Å². The summed E-state index contributed by atoms with van der Waals surface area (Å²) in [6.45, 7) is 2.58. The van der Waals surface area contributed by atoms with Crippen molar-refractivity contribution in [1.29, 1.82) is 0 Å². The fourth-order valence-electron chi connectivity index (χ4n) is 2.62. The van der Waals surface area contributed by atoms with E-state index in [4.69, 9.17) is 10.5 Å². The van der Waals surface area contributed by atoms with Crippen molar-refractivity contribution in [3.8, 4) is 0 Å². The second-order valence-electron chi connectivity index (χ2n) is 5.06. The predicted octanol–water partition coefficient (Wildman–Crippen LogP) is 0.635. The summed E-state index contributed by atoms with van der Waals surface area (Å²) in [5.41, 5.74) is 6.74. The first kappa shape index (κ1) is 15.5. The summed E-state index contributed by atoms with van der Waals surface area (Å²) in [6.07, 6.45) is 0. The molecule has 114 valence electrons. The van der Waals surface area contributed by atoms with E-state index in [-0.39, 0.29) is 19.1 Å². The average molecular weight is 292 g/mol. The van der Waals surface area contributed by atoms with Crippen LogP contribution in [-0.2, 0) is 14.3 Å². The Kier molecular flexibility index (Phi) is 4.93. The van der Waals surface area contributed by atoms with Crippen LogP contribution in [0.1, 0.15) is 18.5 Å². The Hall–Kier alpha value is -1.92. The second-order valence-corrected chi connectivity index (χ2v) is 5.06. The van der Waals surface area contributed by atoms with Gasteiger partial charge in [-0.2, -0.15) is 0 Å². The summed E-state index contributed by atoms with van der Waals surface area (Å²) < 4.78 is 5.23. The molecule has 6 heteroatoms. The zero-order valence-corrected chi connectivity index (χ0v) is 11.9. The molecule has 1 aromatic carbocycles. The number of nitrogens with zero attached hydrogens (tertiary/aromatic N) is 1. The van der Waals surface area contributed by atoms with Gasteiger partial charge in [0, 0.05) is 6.54 Å². The van der Waals surface area contributed by atoms with Crippen molar-refractivity contribution < 1.29 is 19.4 Å². The third-order valence-electron chi connectivity index (χ3n) is 3.82. The summed E-state index contributed by atoms with van der Waals surface area (Å²) in [4.78, 5) is 25.3. The van der Waals surface area contributed by atoms with Crippen LogP contribution in [0.15, 0.2) is 30.3 Å². The number of nitrogens with two attached hydrogens (primary N) is 1. The molecule has 0 saturated carbocycles. The number of hydrogen-bond acceptors (Lipinski definition) is 4. The van der Waals surface area contributed by atoms with E-state index in [9.17, 15) is 14.7 Å². The summed E-state index contributed by atoms with van der Waals surface area (Å²) in [5.74, 6) is -1.92. The molecule has 6 nitrogen and oxygen atoms in total. The van der Waals surface area contributed by atoms with Crippen molar-refractivity contribution >= 4 is 11.9 Å². The van der Waals surface area contributed by atoms with E-state index in [2.05, 4.69) is 0 Å². The van der Waals surface area contributed by atoms with Gasteiger partial charge in [0.25, 0.3) is 0 Å². The molecule has 2 rings (SSSR count). The maximum absolute atomic E-state index is 12.6. The zero-order valence-electron chi connectivity index (χ0n) is 11.9. The van der Waals surface area contributed by atoms with Crippen LogP contribution in [0.3, 0.4) is 0 Å². The highest BCUT2D eigenvalue weighted by molar-refractivity contribution is 5.84. The fourth-order valence-corrected chi connectivity index (χ4v) is 2.62. The lowest BCUT2D eigenvalue weighted by molar-refractivity contribution is -0.145. The highest BCUT2D eigenvalue weighted by Crippen LogP contribution is 2.23. The number of hydrogen-bond donors (Lipinski definition) is 2. The van der Waals surface area contributed by atoms with Crippen LogP contribution in [0.5, 0.6) is 0 Å². The van der Waals surface area contributed by atoms with E-state index in [1.54, 1.807) is 12.1 Å². The van der Waals surface area contributed by atoms with Crippen molar-refractivity contribution in [3.63, 3.8) is 0 Å². The number of likely N-dealkylation sites (N-methyl/N-ethyl adjacent to an activating group) is 1. The normalized spacial score (nSPS) is 22.8. The summed E-state index contributed by atoms with van der Waals surface area (Å²) >= 11 is 0. The van der Waals surface area contributed by atoms with Crippen LogP contribution < -0.4 is 5.73 Å². The minimum absolute atomic E-state index is 0.129. The maximum Gasteiger partial charge on any atom is 0.311 e. The van der Waals surface area contributed by atoms with Crippen molar-refractivity contribution in [2.24, 2.45) is 11.7 Å². The molecule has 0 bridgehead atoms. The molecule has 0 aliphatic carbocycles. The lowest BCUT2D eigenvalue weighted by atomic mass is 10.00. The van der Waals surface area contributed by atoms with Gasteiger partial charge in [-0.05, 0) is 12.5 Å². The van der Waals surface area contributed by atoms with Crippen LogP contribution >= 0.6 is 0 Å². The van der Waals surface area contributed by atoms with Crippen molar-refractivity contribution in [2.45, 2.75) is 19.0 Å². The summed E-state index contributed by atoms with van der Waals surface area (Å²) in [5, 5.41) is 9.22. The molecule has 3 N–H and O–H groups in total. The first-order valence-electron chi connectivity index (χ1n) is 6.97. The highest BCUT2D eigenvalue weighted by atomic mass is 16.5. The van der Waals surface area contributed by atoms with Crippen LogP contribution in [-0.4, -0.2) is 47.7 Å². The Balaban J connectivity index is 2.17. The van der Waals surface area contributed by atoms with E-state index in [0.29, 0.717) is 12.1 Å². The number of ether oxygens (including phenoxy) is 1. The smallest absolute Gasteiger partial charge is 0.311 e. The first-order valence-corrected chi connectivity index (χ1v) is 6.97. The van der Waals surface area contributed by atoms with Gasteiger partial charge in [-0.3, -0.25) is 9.59 Å². The average Bonchev–Trinajstić information content (AvgIpc) is 2.97. The second kappa shape index (κ2) is 6.69. The van der Waals surface area contributed by atoms with Crippen LogP contribution in [0, 0.1) is 5.92 Å². The molecule has 0 aromatic heterocycles. The number of amides is 1. The van der Waals surface area contributed by atoms with Gasteiger partial charge in [0.2, 0.25) is 5.91 Å². The van der Waals surface area contributed by atoms with E-state index in [1.165, 1.54) is 4.90 Å². The number of rotatable bonds is 5. The van der Waals surface area contributed by atoms with E-state index < -0.39 is 24.0 Å². The van der Waals surface area contributed by atoms with Gasteiger partial charge in [0.15, 0.2) is 0 Å². The summed E-state index contributed by atoms with van der Waals surface area (Å²) in [6, 6.07) is 7.81. The largest absolute Gasteiger partial charge is 0.481 e. The quantitative estimate of drug-likeness (QED) is 0.830. The lowest BCUT2D eigenvalue weighted by Gasteiger charge is -2.31. The van der Waals surface area contributed by atoms with Gasteiger partial charge >= 0.3 is 5.97 Å². The first-order chi connectivity index (χ1) is 10.1. The number of benzene rings is 1. The molecule has 0 radical (unpaired) electrons. The molecule has 1 aliphatic heterocycles. The van der Waals surface area contributed by atoms with Gasteiger partial charge < -0.3 is 20.5 Å². The van der Waals surface area contributed by atoms with Gasteiger partial charge in [-0.15, -0.1) is 0 Å². The molecule has 0 spiro atoms. The van der Waals surface area contributed by atoms with E-state index >= 15 is 0 Å². The molecule has 1 heterocycles. The fraction of sp³-hybridized carbons (Fsp3) is 0.467. The van der Waals surface area contributed by atoms with Crippen LogP contribution in [0.2, 0.25) is 0 Å². The number of carbonyl (C=O) groups is 2. The van der Waals surface area contributed by atoms with Gasteiger partial charge in [0.05, 0.1) is 19.3 Å². The van der Waals surface area contributed by atoms with Crippen molar-refractivity contribution in [3.05, 3.63) is 35.9 Å². The predicted molar refractivity (Wildman–Crippen MR) is 76.5 cm³/mol.